The van der Waals surface area contributed by atoms with E-state index in [1.807, 2.05) is 18.5 Å². The molecule has 9 heteroatoms. The summed E-state index contributed by atoms with van der Waals surface area (Å²) in [6.07, 6.45) is 2.80. The summed E-state index contributed by atoms with van der Waals surface area (Å²) in [5.41, 5.74) is 2.10. The fraction of sp³-hybridized carbons (Fsp3) is 0.684. The molecule has 1 aliphatic rings. The van der Waals surface area contributed by atoms with Gasteiger partial charge in [0.05, 0.1) is 12.2 Å². The first-order chi connectivity index (χ1) is 13.0. The number of rotatable bonds is 6. The summed E-state index contributed by atoms with van der Waals surface area (Å²) in [4.78, 5) is 9.39. The largest absolute Gasteiger partial charge is 0.361 e. The highest BCUT2D eigenvalue weighted by Crippen LogP contribution is 2.17. The molecule has 3 rings (SSSR count). The predicted molar refractivity (Wildman–Crippen MR) is 120 cm³/mol. The number of halogens is 1. The van der Waals surface area contributed by atoms with Crippen molar-refractivity contribution in [1.82, 2.24) is 30.6 Å². The number of nitrogens with one attached hydrogen (secondary N) is 2. The van der Waals surface area contributed by atoms with Gasteiger partial charge < -0.3 is 15.2 Å². The van der Waals surface area contributed by atoms with Crippen LogP contribution in [0.3, 0.4) is 0 Å². The van der Waals surface area contributed by atoms with Crippen LogP contribution in [0.4, 0.5) is 0 Å². The molecule has 2 aromatic rings. The van der Waals surface area contributed by atoms with E-state index >= 15 is 0 Å². The molecule has 0 aromatic carbocycles. The van der Waals surface area contributed by atoms with Gasteiger partial charge in [-0.3, -0.25) is 4.99 Å². The minimum Gasteiger partial charge on any atom is -0.361 e. The van der Waals surface area contributed by atoms with Crippen LogP contribution >= 0.6 is 24.0 Å². The summed E-state index contributed by atoms with van der Waals surface area (Å²) in [6, 6.07) is 0.302. The van der Waals surface area contributed by atoms with Crippen molar-refractivity contribution in [2.24, 2.45) is 4.99 Å². The van der Waals surface area contributed by atoms with Gasteiger partial charge in [-0.2, -0.15) is 5.10 Å². The Balaban J connectivity index is 0.00000280. The van der Waals surface area contributed by atoms with E-state index in [1.54, 1.807) is 0 Å². The van der Waals surface area contributed by atoms with Crippen LogP contribution in [0.1, 0.15) is 61.8 Å². The molecule has 8 nitrogen and oxygen atoms in total. The maximum absolute atomic E-state index is 5.23. The van der Waals surface area contributed by atoms with Crippen LogP contribution in [0, 0.1) is 13.8 Å². The van der Waals surface area contributed by atoms with Crippen molar-refractivity contribution >= 4 is 29.9 Å². The van der Waals surface area contributed by atoms with Gasteiger partial charge in [0.15, 0.2) is 11.8 Å². The Bertz CT molecular complexity index is 777. The molecule has 28 heavy (non-hydrogen) atoms. The first kappa shape index (κ1) is 22.6. The van der Waals surface area contributed by atoms with Gasteiger partial charge in [-0.25, -0.2) is 9.67 Å². The normalized spacial score (nSPS) is 16.6. The SMILES string of the molecule is CCNC(=NCCc1c(C)noc1C)NC1CCc2nc(C(C)C)nn2C1.I. The van der Waals surface area contributed by atoms with Crippen LogP contribution in [-0.2, 0) is 19.4 Å². The molecular formula is C19H32IN7O. The van der Waals surface area contributed by atoms with Crippen molar-refractivity contribution in [3.05, 3.63) is 28.7 Å². The molecule has 0 aliphatic carbocycles. The highest BCUT2D eigenvalue weighted by molar-refractivity contribution is 14.0. The molecule has 3 heterocycles. The number of aromatic nitrogens is 4. The second kappa shape index (κ2) is 10.2. The van der Waals surface area contributed by atoms with Crippen LogP contribution < -0.4 is 10.6 Å². The van der Waals surface area contributed by atoms with Gasteiger partial charge in [0.1, 0.15) is 11.6 Å². The fourth-order valence-electron chi connectivity index (χ4n) is 3.34. The van der Waals surface area contributed by atoms with Crippen molar-refractivity contribution in [3.8, 4) is 0 Å². The first-order valence-corrected chi connectivity index (χ1v) is 9.88. The summed E-state index contributed by atoms with van der Waals surface area (Å²) in [5, 5.41) is 15.6. The monoisotopic (exact) mass is 501 g/mol. The van der Waals surface area contributed by atoms with Gasteiger partial charge in [0.2, 0.25) is 0 Å². The van der Waals surface area contributed by atoms with Crippen molar-refractivity contribution in [3.63, 3.8) is 0 Å². The molecule has 0 saturated heterocycles. The van der Waals surface area contributed by atoms with Crippen LogP contribution in [0.15, 0.2) is 9.52 Å². The van der Waals surface area contributed by atoms with Crippen molar-refractivity contribution in [1.29, 1.82) is 0 Å². The van der Waals surface area contributed by atoms with E-state index in [2.05, 4.69) is 46.6 Å². The van der Waals surface area contributed by atoms with E-state index in [4.69, 9.17) is 9.52 Å². The molecule has 1 aliphatic heterocycles. The van der Waals surface area contributed by atoms with Crippen LogP contribution in [0.25, 0.3) is 0 Å². The standard InChI is InChI=1S/C19H31N7O.HI/c1-6-20-19(21-10-9-16-13(4)25-27-14(16)5)22-15-7-8-17-23-18(12(2)3)24-26(17)11-15;/h12,15H,6-11H2,1-5H3,(H2,20,21,22);1H. The zero-order valence-corrected chi connectivity index (χ0v) is 19.8. The van der Waals surface area contributed by atoms with E-state index in [1.165, 1.54) is 0 Å². The van der Waals surface area contributed by atoms with Crippen molar-refractivity contribution < 1.29 is 4.52 Å². The Kier molecular flexibility index (Phi) is 8.26. The third-order valence-corrected chi connectivity index (χ3v) is 4.89. The lowest BCUT2D eigenvalue weighted by atomic mass is 10.1. The quantitative estimate of drug-likeness (QED) is 0.359. The second-order valence-electron chi connectivity index (χ2n) is 7.42. The Hall–Kier alpha value is -1.65. The number of aryl methyl sites for hydroxylation is 3. The molecule has 1 unspecified atom stereocenters. The molecule has 2 aromatic heterocycles. The lowest BCUT2D eigenvalue weighted by Gasteiger charge is -2.25. The number of hydrogen-bond acceptors (Lipinski definition) is 5. The van der Waals surface area contributed by atoms with E-state index < -0.39 is 0 Å². The molecule has 0 fully saturated rings. The Labute approximate surface area is 184 Å². The summed E-state index contributed by atoms with van der Waals surface area (Å²) in [6.45, 7) is 12.6. The second-order valence-corrected chi connectivity index (χ2v) is 7.42. The molecule has 1 atom stereocenters. The maximum atomic E-state index is 5.23. The van der Waals surface area contributed by atoms with Gasteiger partial charge in [-0.15, -0.1) is 24.0 Å². The summed E-state index contributed by atoms with van der Waals surface area (Å²) in [7, 11) is 0. The van der Waals surface area contributed by atoms with Gasteiger partial charge in [-0.1, -0.05) is 19.0 Å². The number of guanidine groups is 1. The molecule has 156 valence electrons. The topological polar surface area (TPSA) is 93.2 Å². The van der Waals surface area contributed by atoms with Crippen LogP contribution in [0.5, 0.6) is 0 Å². The van der Waals surface area contributed by atoms with Gasteiger partial charge in [-0.05, 0) is 33.6 Å². The Morgan fingerprint density at radius 2 is 2.14 bits per heavy atom. The van der Waals surface area contributed by atoms with Crippen molar-refractivity contribution in [2.45, 2.75) is 72.4 Å². The molecule has 0 bridgehead atoms. The van der Waals surface area contributed by atoms with E-state index in [-0.39, 0.29) is 24.0 Å². The third kappa shape index (κ3) is 5.45. The maximum Gasteiger partial charge on any atom is 0.191 e. The lowest BCUT2D eigenvalue weighted by Crippen LogP contribution is -2.47. The van der Waals surface area contributed by atoms with Crippen LogP contribution in [-0.4, -0.2) is 45.0 Å². The summed E-state index contributed by atoms with van der Waals surface area (Å²) >= 11 is 0. The average molecular weight is 501 g/mol. The van der Waals surface area contributed by atoms with Crippen LogP contribution in [0.2, 0.25) is 0 Å². The van der Waals surface area contributed by atoms with E-state index in [0.717, 1.165) is 67.0 Å². The van der Waals surface area contributed by atoms with E-state index in [9.17, 15) is 0 Å². The van der Waals surface area contributed by atoms with Crippen molar-refractivity contribution in [2.75, 3.05) is 13.1 Å². The average Bonchev–Trinajstić information content (AvgIpc) is 3.19. The van der Waals surface area contributed by atoms with Gasteiger partial charge >= 0.3 is 0 Å². The summed E-state index contributed by atoms with van der Waals surface area (Å²) < 4.78 is 7.27. The number of nitrogens with zero attached hydrogens (tertiary/aromatic N) is 5. The van der Waals surface area contributed by atoms with Gasteiger partial charge in [0, 0.05) is 37.0 Å². The lowest BCUT2D eigenvalue weighted by molar-refractivity contribution is 0.391. The molecule has 0 amide bonds. The molecule has 0 saturated carbocycles. The highest BCUT2D eigenvalue weighted by Gasteiger charge is 2.23. The molecular weight excluding hydrogens is 469 g/mol. The number of hydrogen-bond donors (Lipinski definition) is 2. The van der Waals surface area contributed by atoms with E-state index in [0.29, 0.717) is 18.5 Å². The zero-order valence-electron chi connectivity index (χ0n) is 17.4. The zero-order chi connectivity index (χ0) is 19.4. The molecule has 2 N–H and O–H groups in total. The third-order valence-electron chi connectivity index (χ3n) is 4.89. The molecule has 0 spiro atoms. The smallest absolute Gasteiger partial charge is 0.191 e. The number of aliphatic imine (C=N–C) groups is 1. The Morgan fingerprint density at radius 1 is 1.36 bits per heavy atom. The minimum atomic E-state index is 0. The fourth-order valence-corrected chi connectivity index (χ4v) is 3.34. The molecule has 0 radical (unpaired) electrons. The summed E-state index contributed by atoms with van der Waals surface area (Å²) in [5.74, 6) is 4.12. The predicted octanol–water partition coefficient (Wildman–Crippen LogP) is 2.74. The Morgan fingerprint density at radius 3 is 2.79 bits per heavy atom. The number of fused-ring (bicyclic) bond motifs is 1. The first-order valence-electron chi connectivity index (χ1n) is 9.88. The van der Waals surface area contributed by atoms with Gasteiger partial charge in [0.25, 0.3) is 0 Å². The minimum absolute atomic E-state index is 0. The highest BCUT2D eigenvalue weighted by atomic mass is 127.